The summed E-state index contributed by atoms with van der Waals surface area (Å²) < 4.78 is 0. The summed E-state index contributed by atoms with van der Waals surface area (Å²) in [6.07, 6.45) is 0. The summed E-state index contributed by atoms with van der Waals surface area (Å²) in [5.74, 6) is 0. The fourth-order valence-electron chi connectivity index (χ4n) is 0. The second kappa shape index (κ2) is 15.9. The Bertz CT molecular complexity index is 6.00. The minimum Gasteiger partial charge on any atom is -2.00 e. The molecule has 0 bridgehead atoms. The average Bonchev–Trinajstić information content (AvgIpc) is 0. The molecule has 4 heteroatoms. The van der Waals surface area contributed by atoms with Crippen LogP contribution in [-0.4, -0.2) is 0 Å². The van der Waals surface area contributed by atoms with Crippen LogP contribution in [0.25, 0.3) is 0 Å². The van der Waals surface area contributed by atoms with Gasteiger partial charge in [-0.15, -0.1) is 0 Å². The standard InChI is InChI=1S/Ce.2La.O/q3*+3;-2. The molecule has 0 aromatic carbocycles. The van der Waals surface area contributed by atoms with Crippen LogP contribution in [0, 0.1) is 113 Å². The third-order valence-electron chi connectivity index (χ3n) is 0. The number of hydrogen-bond acceptors (Lipinski definition) is 0. The summed E-state index contributed by atoms with van der Waals surface area (Å²) in [7, 11) is 0. The summed E-state index contributed by atoms with van der Waals surface area (Å²) in [6, 6.07) is 0. The van der Waals surface area contributed by atoms with Gasteiger partial charge in [0, 0.05) is 0 Å². The first-order chi connectivity index (χ1) is 0. The molecule has 0 unspecified atom stereocenters. The van der Waals surface area contributed by atoms with Gasteiger partial charge in [-0.1, -0.05) is 0 Å². The fraction of sp³-hybridized carbons (Fsp3) is 0. The molecule has 0 N–H and O–H groups in total. The Balaban J connectivity index is 0. The molecule has 0 saturated carbocycles. The van der Waals surface area contributed by atoms with Crippen LogP contribution in [0.5, 0.6) is 0 Å². The molecule has 1 nitrogen and oxygen atoms in total. The molecule has 0 aromatic rings. The molecule has 9 valence electrons. The van der Waals surface area contributed by atoms with Gasteiger partial charge in [0.1, 0.15) is 0 Å². The zero-order chi connectivity index (χ0) is 0. The van der Waals surface area contributed by atoms with Crippen LogP contribution in [0.3, 0.4) is 0 Å². The minimum atomic E-state index is 0. The predicted octanol–water partition coefficient (Wildman–Crippen LogP) is -0.119. The van der Waals surface area contributed by atoms with Crippen molar-refractivity contribution in [3.63, 3.8) is 0 Å². The second-order valence-electron chi connectivity index (χ2n) is 0. The number of rotatable bonds is 0. The van der Waals surface area contributed by atoms with Crippen molar-refractivity contribution in [2.24, 2.45) is 0 Å². The molecule has 4 heavy (non-hydrogen) atoms. The zero-order valence-corrected chi connectivity index (χ0v) is 12.5. The van der Waals surface area contributed by atoms with Gasteiger partial charge in [-0.25, -0.2) is 0 Å². The van der Waals surface area contributed by atoms with Crippen molar-refractivity contribution in [1.29, 1.82) is 0 Å². The first-order valence-corrected chi connectivity index (χ1v) is 0. The predicted molar refractivity (Wildman–Crippen MR) is 0.686 cm³/mol. The van der Waals surface area contributed by atoms with Gasteiger partial charge < -0.3 is 5.48 Å². The van der Waals surface area contributed by atoms with Crippen molar-refractivity contribution in [2.75, 3.05) is 0 Å². The van der Waals surface area contributed by atoms with E-state index in [9.17, 15) is 0 Å². The average molecular weight is 434 g/mol. The maximum absolute atomic E-state index is 0. The van der Waals surface area contributed by atoms with E-state index < -0.39 is 0 Å². The molecule has 0 fully saturated rings. The molecular weight excluding hydrogens is 434 g/mol. The van der Waals surface area contributed by atoms with Crippen molar-refractivity contribution >= 4 is 0 Å². The molecule has 1 radical (unpaired) electrons. The third-order valence-corrected chi connectivity index (χ3v) is 0. The maximum atomic E-state index is 0. The number of hydrogen-bond donors (Lipinski definition) is 0. The summed E-state index contributed by atoms with van der Waals surface area (Å²) >= 11 is 0. The molecule has 0 saturated heterocycles. The largest absolute Gasteiger partial charge is 3.00 e. The normalized spacial score (nSPS) is 0. The molecule has 0 aliphatic carbocycles. The van der Waals surface area contributed by atoms with E-state index in [0.29, 0.717) is 0 Å². The van der Waals surface area contributed by atoms with Crippen molar-refractivity contribution in [2.45, 2.75) is 0 Å². The molecule has 0 aromatic heterocycles. The van der Waals surface area contributed by atoms with Crippen molar-refractivity contribution in [1.82, 2.24) is 0 Å². The van der Waals surface area contributed by atoms with Crippen molar-refractivity contribution in [3.8, 4) is 0 Å². The summed E-state index contributed by atoms with van der Waals surface area (Å²) in [4.78, 5) is 0. The molecule has 0 rings (SSSR count). The third kappa shape index (κ3) is 9.21. The van der Waals surface area contributed by atoms with Crippen LogP contribution >= 0.6 is 0 Å². The first-order valence-electron chi connectivity index (χ1n) is 0. The molecule has 0 aliphatic rings. The van der Waals surface area contributed by atoms with Crippen molar-refractivity contribution in [3.05, 3.63) is 0 Å². The Morgan fingerprint density at radius 2 is 0.750 bits per heavy atom. The minimum absolute atomic E-state index is 0. The Morgan fingerprint density at radius 1 is 0.750 bits per heavy atom. The SMILES string of the molecule is [Ce+3].[La+3].[La+3].[O-2]. The Kier molecular flexibility index (Phi) is 100.0. The van der Waals surface area contributed by atoms with Gasteiger partial charge in [-0.05, 0) is 0 Å². The maximum Gasteiger partial charge on any atom is 3.00 e. The Morgan fingerprint density at radius 3 is 0.750 bits per heavy atom. The van der Waals surface area contributed by atoms with Crippen molar-refractivity contribution < 1.29 is 118 Å². The molecule has 0 amide bonds. The zero-order valence-electron chi connectivity index (χ0n) is 2.06. The van der Waals surface area contributed by atoms with E-state index in [1.54, 1.807) is 0 Å². The summed E-state index contributed by atoms with van der Waals surface area (Å²) in [6.45, 7) is 0. The van der Waals surface area contributed by atoms with E-state index in [2.05, 4.69) is 0 Å². The summed E-state index contributed by atoms with van der Waals surface area (Å²) in [5.41, 5.74) is 0. The van der Waals surface area contributed by atoms with Crippen LogP contribution in [0.2, 0.25) is 0 Å². The van der Waals surface area contributed by atoms with E-state index in [1.165, 1.54) is 0 Å². The van der Waals surface area contributed by atoms with E-state index in [1.807, 2.05) is 0 Å². The summed E-state index contributed by atoms with van der Waals surface area (Å²) in [5, 5.41) is 0. The van der Waals surface area contributed by atoms with Gasteiger partial charge >= 0.3 is 113 Å². The molecule has 0 aliphatic heterocycles. The molecular formula is CeLa2O+7. The van der Waals surface area contributed by atoms with E-state index in [4.69, 9.17) is 0 Å². The second-order valence-corrected chi connectivity index (χ2v) is 0. The van der Waals surface area contributed by atoms with Gasteiger partial charge in [0.05, 0.1) is 0 Å². The Labute approximate surface area is 115 Å². The van der Waals surface area contributed by atoms with Gasteiger partial charge in [0.25, 0.3) is 0 Å². The molecule has 0 heterocycles. The first kappa shape index (κ1) is 25.2. The molecule has 0 atom stereocenters. The van der Waals surface area contributed by atoms with E-state index >= 15 is 0 Å². The van der Waals surface area contributed by atoms with Gasteiger partial charge in [0.15, 0.2) is 0 Å². The van der Waals surface area contributed by atoms with Gasteiger partial charge in [-0.3, -0.25) is 0 Å². The fourth-order valence-corrected chi connectivity index (χ4v) is 0. The van der Waals surface area contributed by atoms with E-state index in [0.717, 1.165) is 0 Å². The quantitative estimate of drug-likeness (QED) is 0.510. The topological polar surface area (TPSA) is 28.5 Å². The van der Waals surface area contributed by atoms with Crippen LogP contribution in [0.1, 0.15) is 0 Å². The van der Waals surface area contributed by atoms with Crippen LogP contribution in [-0.2, 0) is 5.48 Å². The smallest absolute Gasteiger partial charge is 2.00 e. The van der Waals surface area contributed by atoms with E-state index in [-0.39, 0.29) is 118 Å². The van der Waals surface area contributed by atoms with Gasteiger partial charge in [0.2, 0.25) is 0 Å². The Hall–Kier alpha value is 3.73. The monoisotopic (exact) mass is 434 g/mol. The van der Waals surface area contributed by atoms with Gasteiger partial charge in [-0.2, -0.15) is 0 Å². The molecule has 0 spiro atoms. The van der Waals surface area contributed by atoms with Crippen LogP contribution in [0.4, 0.5) is 0 Å². The van der Waals surface area contributed by atoms with Crippen LogP contribution < -0.4 is 0 Å². The van der Waals surface area contributed by atoms with Crippen LogP contribution in [0.15, 0.2) is 0 Å².